The van der Waals surface area contributed by atoms with E-state index in [2.05, 4.69) is 22.3 Å². The van der Waals surface area contributed by atoms with Crippen LogP contribution >= 0.6 is 35.0 Å². The van der Waals surface area contributed by atoms with Crippen molar-refractivity contribution < 1.29 is 13.9 Å². The molecule has 1 aliphatic rings. The second-order valence-electron chi connectivity index (χ2n) is 7.11. The van der Waals surface area contributed by atoms with E-state index in [1.807, 2.05) is 17.0 Å². The number of carbonyl (C=O) groups is 1. The molecule has 4 rings (SSSR count). The fourth-order valence-electron chi connectivity index (χ4n) is 3.32. The van der Waals surface area contributed by atoms with Crippen LogP contribution < -0.4 is 4.74 Å². The summed E-state index contributed by atoms with van der Waals surface area (Å²) in [7, 11) is 0. The first-order chi connectivity index (χ1) is 15.1. The molecule has 31 heavy (non-hydrogen) atoms. The maximum absolute atomic E-state index is 12.6. The molecule has 1 aliphatic heterocycles. The molecular formula is C22H21Cl2N3O3S. The van der Waals surface area contributed by atoms with E-state index in [-0.39, 0.29) is 11.7 Å². The maximum Gasteiger partial charge on any atom is 0.277 e. The molecule has 162 valence electrons. The van der Waals surface area contributed by atoms with E-state index in [1.54, 1.807) is 18.2 Å². The summed E-state index contributed by atoms with van der Waals surface area (Å²) in [5.41, 5.74) is 2.54. The number of aromatic nitrogens is 2. The van der Waals surface area contributed by atoms with E-state index < -0.39 is 0 Å². The minimum Gasteiger partial charge on any atom is -0.492 e. The molecule has 9 heteroatoms. The molecule has 0 spiro atoms. The van der Waals surface area contributed by atoms with Crippen molar-refractivity contribution in [2.45, 2.75) is 31.0 Å². The summed E-state index contributed by atoms with van der Waals surface area (Å²) in [6.45, 7) is 1.85. The third-order valence-electron chi connectivity index (χ3n) is 4.94. The van der Waals surface area contributed by atoms with Crippen molar-refractivity contribution in [1.82, 2.24) is 15.1 Å². The largest absolute Gasteiger partial charge is 0.492 e. The number of rotatable bonds is 8. The highest BCUT2D eigenvalue weighted by molar-refractivity contribution is 7.99. The van der Waals surface area contributed by atoms with Crippen LogP contribution in [0.1, 0.15) is 23.4 Å². The van der Waals surface area contributed by atoms with Crippen molar-refractivity contribution in [2.75, 3.05) is 18.9 Å². The van der Waals surface area contributed by atoms with Gasteiger partial charge in [0.2, 0.25) is 11.8 Å². The Balaban J connectivity index is 1.19. The van der Waals surface area contributed by atoms with Crippen LogP contribution in [0, 0.1) is 0 Å². The molecule has 0 unspecified atom stereocenters. The van der Waals surface area contributed by atoms with E-state index >= 15 is 0 Å². The van der Waals surface area contributed by atoms with Gasteiger partial charge in [0.15, 0.2) is 0 Å². The predicted molar refractivity (Wildman–Crippen MR) is 121 cm³/mol. The average Bonchev–Trinajstić information content (AvgIpc) is 3.23. The van der Waals surface area contributed by atoms with Gasteiger partial charge in [0.25, 0.3) is 5.22 Å². The Morgan fingerprint density at radius 1 is 1.16 bits per heavy atom. The third-order valence-corrected chi connectivity index (χ3v) is 6.27. The minimum absolute atomic E-state index is 0.0764. The number of carbonyl (C=O) groups excluding carboxylic acids is 1. The molecule has 0 radical (unpaired) electrons. The van der Waals surface area contributed by atoms with Gasteiger partial charge >= 0.3 is 0 Å². The summed E-state index contributed by atoms with van der Waals surface area (Å²) in [4.78, 5) is 14.4. The molecule has 0 atom stereocenters. The molecule has 1 aromatic heterocycles. The number of hydrogen-bond donors (Lipinski definition) is 0. The summed E-state index contributed by atoms with van der Waals surface area (Å²) < 4.78 is 11.3. The smallest absolute Gasteiger partial charge is 0.277 e. The summed E-state index contributed by atoms with van der Waals surface area (Å²) >= 11 is 13.2. The lowest BCUT2D eigenvalue weighted by molar-refractivity contribution is -0.129. The van der Waals surface area contributed by atoms with Gasteiger partial charge in [-0.1, -0.05) is 59.2 Å². The molecule has 2 heterocycles. The number of halogens is 2. The zero-order chi connectivity index (χ0) is 21.6. The quantitative estimate of drug-likeness (QED) is 0.333. The molecule has 0 saturated heterocycles. The van der Waals surface area contributed by atoms with Gasteiger partial charge in [-0.05, 0) is 42.2 Å². The Morgan fingerprint density at radius 3 is 2.84 bits per heavy atom. The highest BCUT2D eigenvalue weighted by Gasteiger charge is 2.21. The Kier molecular flexibility index (Phi) is 7.37. The van der Waals surface area contributed by atoms with Gasteiger partial charge in [0.05, 0.1) is 17.4 Å². The summed E-state index contributed by atoms with van der Waals surface area (Å²) in [5, 5.41) is 9.53. The van der Waals surface area contributed by atoms with Crippen LogP contribution in [-0.2, 0) is 24.2 Å². The molecule has 6 nitrogen and oxygen atoms in total. The summed E-state index contributed by atoms with van der Waals surface area (Å²) in [6, 6.07) is 13.4. The van der Waals surface area contributed by atoms with Crippen LogP contribution in [0.2, 0.25) is 10.0 Å². The molecule has 1 amide bonds. The Hall–Kier alpha value is -2.22. The van der Waals surface area contributed by atoms with Crippen LogP contribution in [0.4, 0.5) is 0 Å². The van der Waals surface area contributed by atoms with Gasteiger partial charge in [-0.15, -0.1) is 10.2 Å². The number of thioether (sulfide) groups is 1. The van der Waals surface area contributed by atoms with Crippen LogP contribution in [0.15, 0.2) is 52.1 Å². The summed E-state index contributed by atoms with van der Waals surface area (Å²) in [5.74, 6) is 1.47. The lowest BCUT2D eigenvalue weighted by atomic mass is 10.00. The lowest BCUT2D eigenvalue weighted by Gasteiger charge is -2.28. The zero-order valence-corrected chi connectivity index (χ0v) is 19.1. The molecule has 0 aliphatic carbocycles. The Labute approximate surface area is 194 Å². The lowest BCUT2D eigenvalue weighted by Crippen LogP contribution is -2.37. The van der Waals surface area contributed by atoms with Gasteiger partial charge in [-0.25, -0.2) is 0 Å². The number of benzene rings is 2. The second-order valence-corrected chi connectivity index (χ2v) is 8.88. The number of fused-ring (bicyclic) bond motifs is 1. The Bertz CT molecular complexity index is 1060. The topological polar surface area (TPSA) is 68.5 Å². The normalized spacial score (nSPS) is 13.2. The van der Waals surface area contributed by atoms with Crippen molar-refractivity contribution in [3.05, 3.63) is 69.5 Å². The molecule has 0 N–H and O–H groups in total. The molecule has 0 fully saturated rings. The van der Waals surface area contributed by atoms with E-state index in [0.717, 1.165) is 13.0 Å². The van der Waals surface area contributed by atoms with Gasteiger partial charge in [-0.3, -0.25) is 4.79 Å². The van der Waals surface area contributed by atoms with Crippen molar-refractivity contribution in [1.29, 1.82) is 0 Å². The van der Waals surface area contributed by atoms with E-state index in [0.29, 0.717) is 52.9 Å². The fraction of sp³-hybridized carbons (Fsp3) is 0.318. The Morgan fingerprint density at radius 2 is 2.00 bits per heavy atom. The maximum atomic E-state index is 12.6. The van der Waals surface area contributed by atoms with Gasteiger partial charge in [-0.2, -0.15) is 0 Å². The van der Waals surface area contributed by atoms with Gasteiger partial charge in [0, 0.05) is 24.5 Å². The van der Waals surface area contributed by atoms with Crippen molar-refractivity contribution in [3.8, 4) is 5.75 Å². The summed E-state index contributed by atoms with van der Waals surface area (Å²) in [6.07, 6.45) is 2.16. The fourth-order valence-corrected chi connectivity index (χ4v) is 4.46. The van der Waals surface area contributed by atoms with Crippen LogP contribution in [0.25, 0.3) is 0 Å². The van der Waals surface area contributed by atoms with E-state index in [1.165, 1.54) is 22.9 Å². The van der Waals surface area contributed by atoms with Crippen LogP contribution in [0.5, 0.6) is 5.75 Å². The number of ether oxygens (including phenoxy) is 1. The van der Waals surface area contributed by atoms with E-state index in [9.17, 15) is 4.79 Å². The third kappa shape index (κ3) is 5.93. The molecule has 3 aromatic rings. The monoisotopic (exact) mass is 477 g/mol. The van der Waals surface area contributed by atoms with Crippen molar-refractivity contribution in [3.63, 3.8) is 0 Å². The SMILES string of the molecule is O=C(CSc1nnc(CCCOc2ccc(Cl)cc2Cl)o1)N1CCc2ccccc2C1. The highest BCUT2D eigenvalue weighted by Crippen LogP contribution is 2.27. The zero-order valence-electron chi connectivity index (χ0n) is 16.7. The first kappa shape index (κ1) is 22.0. The van der Waals surface area contributed by atoms with E-state index in [4.69, 9.17) is 32.4 Å². The number of nitrogens with zero attached hydrogens (tertiary/aromatic N) is 3. The molecule has 2 aromatic carbocycles. The first-order valence-corrected chi connectivity index (χ1v) is 11.7. The van der Waals surface area contributed by atoms with Crippen molar-refractivity contribution in [2.24, 2.45) is 0 Å². The van der Waals surface area contributed by atoms with Crippen LogP contribution in [-0.4, -0.2) is 39.9 Å². The minimum atomic E-state index is 0.0764. The van der Waals surface area contributed by atoms with Crippen LogP contribution in [0.3, 0.4) is 0 Å². The molecular weight excluding hydrogens is 457 g/mol. The number of amides is 1. The number of hydrogen-bond acceptors (Lipinski definition) is 6. The van der Waals surface area contributed by atoms with Gasteiger partial charge < -0.3 is 14.1 Å². The van der Waals surface area contributed by atoms with Gasteiger partial charge in [0.1, 0.15) is 5.75 Å². The predicted octanol–water partition coefficient (Wildman–Crippen LogP) is 5.07. The average molecular weight is 478 g/mol. The highest BCUT2D eigenvalue weighted by atomic mass is 35.5. The standard InChI is InChI=1S/C22H21Cl2N3O3S/c23-17-7-8-19(18(24)12-17)29-11-3-6-20-25-26-22(30-20)31-14-21(28)27-10-9-15-4-1-2-5-16(15)13-27/h1-2,4-5,7-8,12H,3,6,9-11,13-14H2. The second kappa shape index (κ2) is 10.4. The molecule has 0 saturated carbocycles. The first-order valence-electron chi connectivity index (χ1n) is 9.96. The number of aryl methyl sites for hydroxylation is 1. The van der Waals surface area contributed by atoms with Crippen molar-refractivity contribution >= 4 is 40.9 Å². The molecule has 0 bridgehead atoms.